The fourth-order valence-corrected chi connectivity index (χ4v) is 2.06. The van der Waals surface area contributed by atoms with Crippen LogP contribution >= 0.6 is 11.6 Å². The molecule has 2 N–H and O–H groups in total. The second-order valence-electron chi connectivity index (χ2n) is 4.99. The third-order valence-electron chi connectivity index (χ3n) is 3.24. The number of nitro groups is 2. The van der Waals surface area contributed by atoms with Crippen LogP contribution in [0.1, 0.15) is 0 Å². The van der Waals surface area contributed by atoms with Crippen LogP contribution in [0.15, 0.2) is 54.2 Å². The minimum Gasteiger partial charge on any atom is -0.360 e. The van der Waals surface area contributed by atoms with Gasteiger partial charge in [0.2, 0.25) is 0 Å². The van der Waals surface area contributed by atoms with Crippen LogP contribution in [0, 0.1) is 31.6 Å². The molecule has 2 aromatic carbocycles. The van der Waals surface area contributed by atoms with Gasteiger partial charge in [0.15, 0.2) is 0 Å². The summed E-state index contributed by atoms with van der Waals surface area (Å²) in [4.78, 5) is 32.4. The smallest absolute Gasteiger partial charge is 0.271 e. The standard InChI is InChI=1S/C16H10ClN5O5/c17-14-6-5-13(22(26)27)7-15(14)20-16(23)10(8-18)9-19-11-1-3-12(4-2-11)21(24)25/h1-7,9,19H,(H,20,23)/b10-9-. The first-order chi connectivity index (χ1) is 12.8. The topological polar surface area (TPSA) is 151 Å². The van der Waals surface area contributed by atoms with Gasteiger partial charge in [-0.15, -0.1) is 0 Å². The third kappa shape index (κ3) is 5.00. The summed E-state index contributed by atoms with van der Waals surface area (Å²) in [5.74, 6) is -0.839. The van der Waals surface area contributed by atoms with E-state index in [2.05, 4.69) is 10.6 Å². The van der Waals surface area contributed by atoms with Gasteiger partial charge in [-0.3, -0.25) is 25.0 Å². The fraction of sp³-hybridized carbons (Fsp3) is 0. The Balaban J connectivity index is 2.15. The molecule has 10 nitrogen and oxygen atoms in total. The number of nitro benzene ring substituents is 2. The molecule has 2 aromatic rings. The molecule has 0 unspecified atom stereocenters. The molecular weight excluding hydrogens is 378 g/mol. The van der Waals surface area contributed by atoms with E-state index in [4.69, 9.17) is 16.9 Å². The first kappa shape index (κ1) is 19.4. The number of hydrogen-bond acceptors (Lipinski definition) is 7. The number of non-ortho nitro benzene ring substituents is 2. The highest BCUT2D eigenvalue weighted by Crippen LogP contribution is 2.27. The summed E-state index contributed by atoms with van der Waals surface area (Å²) in [5.41, 5.74) is -0.331. The number of halogens is 1. The molecule has 0 spiro atoms. The summed E-state index contributed by atoms with van der Waals surface area (Å²) in [7, 11) is 0. The summed E-state index contributed by atoms with van der Waals surface area (Å²) in [6, 6.07) is 10.5. The minimum atomic E-state index is -0.839. The summed E-state index contributed by atoms with van der Waals surface area (Å²) in [5, 5.41) is 35.6. The van der Waals surface area contributed by atoms with Gasteiger partial charge in [-0.25, -0.2) is 0 Å². The molecule has 0 saturated carbocycles. The van der Waals surface area contributed by atoms with Gasteiger partial charge in [0.25, 0.3) is 17.3 Å². The molecule has 0 fully saturated rings. The Hall–Kier alpha value is -3.97. The van der Waals surface area contributed by atoms with Crippen molar-refractivity contribution in [3.63, 3.8) is 0 Å². The quantitative estimate of drug-likeness (QED) is 0.332. The van der Waals surface area contributed by atoms with Crippen LogP contribution in [0.3, 0.4) is 0 Å². The lowest BCUT2D eigenvalue weighted by Gasteiger charge is -2.07. The first-order valence-electron chi connectivity index (χ1n) is 7.18. The van der Waals surface area contributed by atoms with Crippen LogP contribution in [-0.2, 0) is 4.79 Å². The number of nitrogens with zero attached hydrogens (tertiary/aromatic N) is 3. The van der Waals surface area contributed by atoms with Crippen molar-refractivity contribution in [2.24, 2.45) is 0 Å². The SMILES string of the molecule is N#C/C(=C/Nc1ccc([N+](=O)[O-])cc1)C(=O)Nc1cc([N+](=O)[O-])ccc1Cl. The van der Waals surface area contributed by atoms with Crippen molar-refractivity contribution in [3.05, 3.63) is 79.5 Å². The molecule has 136 valence electrons. The van der Waals surface area contributed by atoms with Gasteiger partial charge in [-0.2, -0.15) is 5.26 Å². The van der Waals surface area contributed by atoms with Gasteiger partial charge in [0, 0.05) is 36.2 Å². The molecule has 0 bridgehead atoms. The van der Waals surface area contributed by atoms with Crippen LogP contribution in [-0.4, -0.2) is 15.8 Å². The number of nitriles is 1. The highest BCUT2D eigenvalue weighted by atomic mass is 35.5. The average Bonchev–Trinajstić information content (AvgIpc) is 2.64. The van der Waals surface area contributed by atoms with E-state index in [9.17, 15) is 25.0 Å². The van der Waals surface area contributed by atoms with E-state index in [0.717, 1.165) is 12.3 Å². The zero-order chi connectivity index (χ0) is 20.0. The number of hydrogen-bond donors (Lipinski definition) is 2. The number of carbonyl (C=O) groups excluding carboxylic acids is 1. The molecule has 0 radical (unpaired) electrons. The molecule has 0 atom stereocenters. The van der Waals surface area contributed by atoms with Crippen LogP contribution in [0.5, 0.6) is 0 Å². The number of nitrogens with one attached hydrogen (secondary N) is 2. The normalized spacial score (nSPS) is 10.6. The number of amides is 1. The predicted octanol–water partition coefficient (Wildman–Crippen LogP) is 3.61. The highest BCUT2D eigenvalue weighted by Gasteiger charge is 2.15. The summed E-state index contributed by atoms with van der Waals surface area (Å²) in [6.07, 6.45) is 1.10. The average molecular weight is 388 g/mol. The molecule has 11 heteroatoms. The second-order valence-corrected chi connectivity index (χ2v) is 5.40. The maximum absolute atomic E-state index is 12.2. The van der Waals surface area contributed by atoms with E-state index < -0.39 is 15.8 Å². The molecule has 0 saturated heterocycles. The summed E-state index contributed by atoms with van der Waals surface area (Å²) >= 11 is 5.90. The Morgan fingerprint density at radius 2 is 1.67 bits per heavy atom. The van der Waals surface area contributed by atoms with E-state index in [1.807, 2.05) is 0 Å². The molecular formula is C16H10ClN5O5. The Morgan fingerprint density at radius 1 is 1.07 bits per heavy atom. The van der Waals surface area contributed by atoms with Crippen molar-refractivity contribution < 1.29 is 14.6 Å². The Bertz CT molecular complexity index is 982. The molecule has 0 aliphatic carbocycles. The Morgan fingerprint density at radius 3 is 2.22 bits per heavy atom. The van der Waals surface area contributed by atoms with Gasteiger partial charge < -0.3 is 10.6 Å². The minimum absolute atomic E-state index is 0.0210. The van der Waals surface area contributed by atoms with Gasteiger partial charge in [0.05, 0.1) is 20.6 Å². The van der Waals surface area contributed by atoms with Crippen LogP contribution in [0.2, 0.25) is 5.02 Å². The van der Waals surface area contributed by atoms with E-state index in [0.29, 0.717) is 5.69 Å². The fourth-order valence-electron chi connectivity index (χ4n) is 1.90. The van der Waals surface area contributed by atoms with Crippen molar-refractivity contribution in [1.29, 1.82) is 5.26 Å². The van der Waals surface area contributed by atoms with Crippen LogP contribution < -0.4 is 10.6 Å². The molecule has 0 aromatic heterocycles. The Labute approximate surface area is 157 Å². The van der Waals surface area contributed by atoms with Gasteiger partial charge in [-0.1, -0.05) is 11.6 Å². The maximum Gasteiger partial charge on any atom is 0.271 e. The van der Waals surface area contributed by atoms with Crippen LogP contribution in [0.4, 0.5) is 22.7 Å². The zero-order valence-electron chi connectivity index (χ0n) is 13.4. The lowest BCUT2D eigenvalue weighted by Crippen LogP contribution is -2.15. The van der Waals surface area contributed by atoms with Crippen molar-refractivity contribution in [1.82, 2.24) is 0 Å². The number of anilines is 2. The predicted molar refractivity (Wildman–Crippen MR) is 97.2 cm³/mol. The van der Waals surface area contributed by atoms with E-state index in [1.165, 1.54) is 36.4 Å². The maximum atomic E-state index is 12.2. The number of benzene rings is 2. The van der Waals surface area contributed by atoms with Crippen molar-refractivity contribution in [2.45, 2.75) is 0 Å². The van der Waals surface area contributed by atoms with Crippen molar-refractivity contribution in [2.75, 3.05) is 10.6 Å². The molecule has 0 aliphatic rings. The molecule has 0 aliphatic heterocycles. The van der Waals surface area contributed by atoms with Gasteiger partial charge in [-0.05, 0) is 18.2 Å². The van der Waals surface area contributed by atoms with Crippen LogP contribution in [0.25, 0.3) is 0 Å². The largest absolute Gasteiger partial charge is 0.360 e. The summed E-state index contributed by atoms with van der Waals surface area (Å²) in [6.45, 7) is 0. The number of rotatable bonds is 6. The zero-order valence-corrected chi connectivity index (χ0v) is 14.1. The lowest BCUT2D eigenvalue weighted by molar-refractivity contribution is -0.385. The van der Waals surface area contributed by atoms with E-state index >= 15 is 0 Å². The first-order valence-corrected chi connectivity index (χ1v) is 7.56. The second kappa shape index (κ2) is 8.41. The van der Waals surface area contributed by atoms with Gasteiger partial charge in [0.1, 0.15) is 11.6 Å². The molecule has 1 amide bonds. The van der Waals surface area contributed by atoms with Crippen molar-refractivity contribution >= 4 is 40.3 Å². The van der Waals surface area contributed by atoms with E-state index in [-0.39, 0.29) is 27.7 Å². The number of carbonyl (C=O) groups is 1. The van der Waals surface area contributed by atoms with Crippen molar-refractivity contribution in [3.8, 4) is 6.07 Å². The van der Waals surface area contributed by atoms with Gasteiger partial charge >= 0.3 is 0 Å². The summed E-state index contributed by atoms with van der Waals surface area (Å²) < 4.78 is 0. The Kier molecular flexibility index (Phi) is 6.03. The molecule has 2 rings (SSSR count). The molecule has 0 heterocycles. The van der Waals surface area contributed by atoms with E-state index in [1.54, 1.807) is 6.07 Å². The third-order valence-corrected chi connectivity index (χ3v) is 3.56. The molecule has 27 heavy (non-hydrogen) atoms. The monoisotopic (exact) mass is 387 g/mol. The lowest BCUT2D eigenvalue weighted by atomic mass is 10.2. The highest BCUT2D eigenvalue weighted by molar-refractivity contribution is 6.34.